The number of nitrogens with zero attached hydrogens (tertiary/aromatic N) is 2. The van der Waals surface area contributed by atoms with E-state index in [4.69, 9.17) is 4.74 Å². The van der Waals surface area contributed by atoms with Crippen molar-refractivity contribution >= 4 is 10.0 Å². The SMILES string of the molecule is COc1cccc(-c2ccc([C@@H]3C(CO)N4CCCCN(S(=O)(=O)c5ccccc5C)C[C@@H]34)cc2)c1. The Kier molecular flexibility index (Phi) is 7.17. The van der Waals surface area contributed by atoms with Crippen LogP contribution < -0.4 is 4.74 Å². The molecular formula is C29H34N2O4S. The molecule has 6 nitrogen and oxygen atoms in total. The van der Waals surface area contributed by atoms with E-state index in [9.17, 15) is 13.5 Å². The van der Waals surface area contributed by atoms with E-state index >= 15 is 0 Å². The molecule has 2 heterocycles. The number of hydrogen-bond acceptors (Lipinski definition) is 5. The summed E-state index contributed by atoms with van der Waals surface area (Å²) in [7, 11) is -1.94. The quantitative estimate of drug-likeness (QED) is 0.540. The molecular weight excluding hydrogens is 472 g/mol. The van der Waals surface area contributed by atoms with E-state index in [1.807, 2.05) is 37.3 Å². The lowest BCUT2D eigenvalue weighted by Gasteiger charge is -2.57. The second kappa shape index (κ2) is 10.3. The van der Waals surface area contributed by atoms with Crippen LogP contribution >= 0.6 is 0 Å². The van der Waals surface area contributed by atoms with Crippen LogP contribution in [0.1, 0.15) is 29.9 Å². The van der Waals surface area contributed by atoms with E-state index in [1.54, 1.807) is 23.5 Å². The Morgan fingerprint density at radius 2 is 1.69 bits per heavy atom. The monoisotopic (exact) mass is 506 g/mol. The molecule has 0 aromatic heterocycles. The van der Waals surface area contributed by atoms with Gasteiger partial charge in [-0.25, -0.2) is 8.42 Å². The van der Waals surface area contributed by atoms with Crippen molar-refractivity contribution in [1.82, 2.24) is 9.21 Å². The van der Waals surface area contributed by atoms with E-state index in [2.05, 4.69) is 35.2 Å². The molecule has 3 aromatic carbocycles. The van der Waals surface area contributed by atoms with Crippen molar-refractivity contribution in [2.45, 2.75) is 42.7 Å². The van der Waals surface area contributed by atoms with Crippen LogP contribution in [-0.2, 0) is 10.0 Å². The maximum absolute atomic E-state index is 13.6. The number of aliphatic hydroxyl groups excluding tert-OH is 1. The number of rotatable bonds is 6. The van der Waals surface area contributed by atoms with Crippen LogP contribution in [0.2, 0.25) is 0 Å². The smallest absolute Gasteiger partial charge is 0.243 e. The summed E-state index contributed by atoms with van der Waals surface area (Å²) in [5.41, 5.74) is 4.07. The molecule has 0 aliphatic carbocycles. The van der Waals surface area contributed by atoms with Gasteiger partial charge in [-0.1, -0.05) is 54.6 Å². The number of benzene rings is 3. The molecule has 0 spiro atoms. The molecule has 2 aliphatic rings. The van der Waals surface area contributed by atoms with E-state index in [0.717, 1.165) is 47.4 Å². The van der Waals surface area contributed by atoms with E-state index in [1.165, 1.54) is 0 Å². The predicted molar refractivity (Wildman–Crippen MR) is 142 cm³/mol. The third-order valence-electron chi connectivity index (χ3n) is 7.74. The zero-order chi connectivity index (χ0) is 25.3. The molecule has 3 atom stereocenters. The normalized spacial score (nSPS) is 23.2. The molecule has 190 valence electrons. The highest BCUT2D eigenvalue weighted by atomic mass is 32.2. The highest BCUT2D eigenvalue weighted by Crippen LogP contribution is 2.43. The third-order valence-corrected chi connectivity index (χ3v) is 9.77. The number of aliphatic hydroxyl groups is 1. The van der Waals surface area contributed by atoms with Crippen molar-refractivity contribution in [1.29, 1.82) is 0 Å². The van der Waals surface area contributed by atoms with Crippen molar-refractivity contribution in [3.8, 4) is 16.9 Å². The van der Waals surface area contributed by atoms with Crippen LogP contribution in [0.3, 0.4) is 0 Å². The minimum Gasteiger partial charge on any atom is -0.497 e. The first-order valence-electron chi connectivity index (χ1n) is 12.6. The van der Waals surface area contributed by atoms with Gasteiger partial charge in [0.25, 0.3) is 0 Å². The number of hydrogen-bond donors (Lipinski definition) is 1. The van der Waals surface area contributed by atoms with Gasteiger partial charge in [0, 0.05) is 31.1 Å². The highest BCUT2D eigenvalue weighted by molar-refractivity contribution is 7.89. The van der Waals surface area contributed by atoms with Crippen LogP contribution in [0.5, 0.6) is 5.75 Å². The number of ether oxygens (including phenoxy) is 1. The average molecular weight is 507 g/mol. The molecule has 0 bridgehead atoms. The molecule has 3 aromatic rings. The van der Waals surface area contributed by atoms with Crippen molar-refractivity contribution < 1.29 is 18.3 Å². The summed E-state index contributed by atoms with van der Waals surface area (Å²) >= 11 is 0. The molecule has 0 amide bonds. The minimum atomic E-state index is -3.60. The van der Waals surface area contributed by atoms with Crippen LogP contribution in [-0.4, -0.2) is 68.2 Å². The Hall–Kier alpha value is -2.71. The first kappa shape index (κ1) is 25.0. The fraction of sp³-hybridized carbons (Fsp3) is 0.379. The number of methoxy groups -OCH3 is 1. The second-order valence-corrected chi connectivity index (χ2v) is 11.7. The average Bonchev–Trinajstić information content (AvgIpc) is 2.88. The fourth-order valence-corrected chi connectivity index (χ4v) is 7.53. The lowest BCUT2D eigenvalue weighted by Crippen LogP contribution is -2.67. The summed E-state index contributed by atoms with van der Waals surface area (Å²) in [4.78, 5) is 2.69. The Bertz CT molecular complexity index is 1310. The van der Waals surface area contributed by atoms with E-state index in [0.29, 0.717) is 18.0 Å². The zero-order valence-electron chi connectivity index (χ0n) is 20.9. The summed E-state index contributed by atoms with van der Waals surface area (Å²) in [6, 6.07) is 23.7. The summed E-state index contributed by atoms with van der Waals surface area (Å²) in [6.45, 7) is 3.73. The third kappa shape index (κ3) is 4.57. The molecule has 1 unspecified atom stereocenters. The van der Waals surface area contributed by atoms with Crippen molar-refractivity contribution in [2.75, 3.05) is 33.4 Å². The molecule has 2 fully saturated rings. The Labute approximate surface area is 214 Å². The van der Waals surface area contributed by atoms with E-state index < -0.39 is 10.0 Å². The maximum Gasteiger partial charge on any atom is 0.243 e. The highest BCUT2D eigenvalue weighted by Gasteiger charge is 2.50. The van der Waals surface area contributed by atoms with Gasteiger partial charge in [0.1, 0.15) is 5.75 Å². The van der Waals surface area contributed by atoms with Crippen molar-refractivity contribution in [3.63, 3.8) is 0 Å². The van der Waals surface area contributed by atoms with Gasteiger partial charge in [-0.2, -0.15) is 4.31 Å². The first-order chi connectivity index (χ1) is 17.4. The fourth-order valence-electron chi connectivity index (χ4n) is 5.81. The van der Waals surface area contributed by atoms with Crippen molar-refractivity contribution in [3.05, 3.63) is 83.9 Å². The number of sulfonamides is 1. The standard InChI is InChI=1S/C29H34N2O4S/c1-21-8-3-4-11-28(21)36(33,34)30-16-5-6-17-31-26(19-30)29(27(31)20-32)23-14-12-22(13-15-23)24-9-7-10-25(18-24)35-2/h3-4,7-15,18,26-27,29,32H,5-6,16-17,19-20H2,1-2H3/t26-,27?,29-/m0/s1. The molecule has 2 aliphatic heterocycles. The second-order valence-electron chi connectivity index (χ2n) is 9.77. The van der Waals surface area contributed by atoms with E-state index in [-0.39, 0.29) is 24.6 Å². The van der Waals surface area contributed by atoms with Gasteiger partial charge >= 0.3 is 0 Å². The van der Waals surface area contributed by atoms with Gasteiger partial charge in [0.15, 0.2) is 0 Å². The number of aryl methyl sites for hydroxylation is 1. The van der Waals surface area contributed by atoms with Gasteiger partial charge in [-0.3, -0.25) is 4.90 Å². The molecule has 0 radical (unpaired) electrons. The van der Waals surface area contributed by atoms with Gasteiger partial charge in [0.05, 0.1) is 18.6 Å². The van der Waals surface area contributed by atoms with Crippen LogP contribution in [0.15, 0.2) is 77.7 Å². The first-order valence-corrected chi connectivity index (χ1v) is 14.0. The molecule has 2 saturated heterocycles. The Morgan fingerprint density at radius 1 is 0.944 bits per heavy atom. The Balaban J connectivity index is 1.43. The summed E-state index contributed by atoms with van der Waals surface area (Å²) in [5, 5.41) is 10.3. The largest absolute Gasteiger partial charge is 0.497 e. The minimum absolute atomic E-state index is 0.00113. The summed E-state index contributed by atoms with van der Waals surface area (Å²) < 4.78 is 34.3. The predicted octanol–water partition coefficient (Wildman–Crippen LogP) is 4.28. The van der Waals surface area contributed by atoms with Crippen LogP contribution in [0.4, 0.5) is 0 Å². The molecule has 1 N–H and O–H groups in total. The van der Waals surface area contributed by atoms with Gasteiger partial charge in [-0.15, -0.1) is 0 Å². The van der Waals surface area contributed by atoms with Crippen LogP contribution in [0, 0.1) is 6.92 Å². The van der Waals surface area contributed by atoms with Gasteiger partial charge in [-0.05, 0) is 66.8 Å². The Morgan fingerprint density at radius 3 is 2.42 bits per heavy atom. The summed E-state index contributed by atoms with van der Waals surface area (Å²) in [6.07, 6.45) is 1.72. The summed E-state index contributed by atoms with van der Waals surface area (Å²) in [5.74, 6) is 0.887. The molecule has 36 heavy (non-hydrogen) atoms. The lowest BCUT2D eigenvalue weighted by molar-refractivity contribution is -0.0553. The van der Waals surface area contributed by atoms with Crippen LogP contribution in [0.25, 0.3) is 11.1 Å². The maximum atomic E-state index is 13.6. The topological polar surface area (TPSA) is 70.1 Å². The van der Waals surface area contributed by atoms with Gasteiger partial charge in [0.2, 0.25) is 10.0 Å². The molecule has 0 saturated carbocycles. The van der Waals surface area contributed by atoms with Crippen molar-refractivity contribution in [2.24, 2.45) is 0 Å². The van der Waals surface area contributed by atoms with Gasteiger partial charge < -0.3 is 9.84 Å². The zero-order valence-corrected chi connectivity index (χ0v) is 21.7. The molecule has 5 rings (SSSR count). The number of fused-ring (bicyclic) bond motifs is 1. The lowest BCUT2D eigenvalue weighted by atomic mass is 9.74. The molecule has 7 heteroatoms.